The van der Waals surface area contributed by atoms with Crippen molar-refractivity contribution in [3.63, 3.8) is 0 Å². The number of benzene rings is 3. The predicted molar refractivity (Wildman–Crippen MR) is 140 cm³/mol. The van der Waals surface area contributed by atoms with Crippen LogP contribution < -0.4 is 0 Å². The molecule has 0 saturated carbocycles. The summed E-state index contributed by atoms with van der Waals surface area (Å²) in [5.74, 6) is 1.12. The van der Waals surface area contributed by atoms with Gasteiger partial charge in [0.1, 0.15) is 6.10 Å². The van der Waals surface area contributed by atoms with E-state index in [2.05, 4.69) is 52.5 Å². The zero-order chi connectivity index (χ0) is 22.9. The van der Waals surface area contributed by atoms with Crippen molar-refractivity contribution in [2.24, 2.45) is 0 Å². The molecule has 1 aliphatic rings. The first-order chi connectivity index (χ1) is 16.2. The molecule has 1 aliphatic heterocycles. The first-order valence-corrected chi connectivity index (χ1v) is 12.9. The molecule has 1 unspecified atom stereocenters. The molecule has 0 radical (unpaired) electrons. The Labute approximate surface area is 210 Å². The minimum absolute atomic E-state index is 0.0591. The van der Waals surface area contributed by atoms with Crippen LogP contribution in [0, 0.1) is 0 Å². The molecular weight excluding hydrogens is 471 g/mol. The third kappa shape index (κ3) is 7.72. The van der Waals surface area contributed by atoms with Gasteiger partial charge in [-0.25, -0.2) is 0 Å². The SMILES string of the molecule is Clc1ccc(COC(CN2C=CN(CCCSc3ccccc3)C2)c2ccc(Cl)cc2)cc1. The molecule has 3 aromatic rings. The quantitative estimate of drug-likeness (QED) is 0.201. The summed E-state index contributed by atoms with van der Waals surface area (Å²) in [5, 5.41) is 1.47. The average molecular weight is 500 g/mol. The molecule has 0 aromatic heterocycles. The molecule has 3 nitrogen and oxygen atoms in total. The van der Waals surface area contributed by atoms with Gasteiger partial charge in [-0.2, -0.15) is 0 Å². The lowest BCUT2D eigenvalue weighted by Gasteiger charge is -2.26. The first-order valence-electron chi connectivity index (χ1n) is 11.1. The molecule has 3 aromatic carbocycles. The largest absolute Gasteiger partial charge is 0.367 e. The van der Waals surface area contributed by atoms with Crippen LogP contribution in [0.2, 0.25) is 10.0 Å². The van der Waals surface area contributed by atoms with Crippen molar-refractivity contribution >= 4 is 35.0 Å². The Morgan fingerprint density at radius 1 is 0.818 bits per heavy atom. The summed E-state index contributed by atoms with van der Waals surface area (Å²) in [6.45, 7) is 3.23. The lowest BCUT2D eigenvalue weighted by Crippen LogP contribution is -2.30. The highest BCUT2D eigenvalue weighted by atomic mass is 35.5. The van der Waals surface area contributed by atoms with Gasteiger partial charge in [0.2, 0.25) is 0 Å². The highest BCUT2D eigenvalue weighted by Gasteiger charge is 2.19. The van der Waals surface area contributed by atoms with E-state index >= 15 is 0 Å². The summed E-state index contributed by atoms with van der Waals surface area (Å²) in [6.07, 6.45) is 5.44. The van der Waals surface area contributed by atoms with Crippen LogP contribution in [0.3, 0.4) is 0 Å². The molecule has 0 aliphatic carbocycles. The van der Waals surface area contributed by atoms with Crippen molar-refractivity contribution in [1.29, 1.82) is 0 Å². The average Bonchev–Trinajstić information content (AvgIpc) is 3.29. The van der Waals surface area contributed by atoms with Gasteiger partial charge in [-0.3, -0.25) is 0 Å². The van der Waals surface area contributed by atoms with Crippen molar-refractivity contribution in [3.05, 3.63) is 112 Å². The molecule has 172 valence electrons. The van der Waals surface area contributed by atoms with Crippen molar-refractivity contribution in [1.82, 2.24) is 9.80 Å². The molecule has 0 fully saturated rings. The molecule has 1 atom stereocenters. The van der Waals surface area contributed by atoms with Crippen molar-refractivity contribution in [3.8, 4) is 0 Å². The van der Waals surface area contributed by atoms with Crippen molar-refractivity contribution in [2.75, 3.05) is 25.5 Å². The second-order valence-electron chi connectivity index (χ2n) is 8.02. The fourth-order valence-electron chi connectivity index (χ4n) is 3.68. The maximum absolute atomic E-state index is 6.36. The summed E-state index contributed by atoms with van der Waals surface area (Å²) in [7, 11) is 0. The van der Waals surface area contributed by atoms with Crippen LogP contribution in [0.15, 0.2) is 96.2 Å². The number of rotatable bonds is 11. The van der Waals surface area contributed by atoms with E-state index in [0.717, 1.165) is 53.1 Å². The maximum atomic E-state index is 6.36. The van der Waals surface area contributed by atoms with E-state index in [0.29, 0.717) is 6.61 Å². The molecule has 33 heavy (non-hydrogen) atoms. The summed E-state index contributed by atoms with van der Waals surface area (Å²) in [5.41, 5.74) is 2.23. The lowest BCUT2D eigenvalue weighted by atomic mass is 10.1. The fraction of sp³-hybridized carbons (Fsp3) is 0.259. The van der Waals surface area contributed by atoms with Gasteiger partial charge < -0.3 is 14.5 Å². The third-order valence-corrected chi connectivity index (χ3v) is 7.06. The molecule has 0 amide bonds. The van der Waals surface area contributed by atoms with Gasteiger partial charge in [-0.15, -0.1) is 11.8 Å². The molecule has 0 spiro atoms. The molecule has 0 N–H and O–H groups in total. The van der Waals surface area contributed by atoms with Crippen molar-refractivity contribution in [2.45, 2.75) is 24.0 Å². The number of halogens is 2. The van der Waals surface area contributed by atoms with Gasteiger partial charge in [0, 0.05) is 40.4 Å². The van der Waals surface area contributed by atoms with E-state index in [1.54, 1.807) is 0 Å². The number of thioether (sulfide) groups is 1. The Morgan fingerprint density at radius 2 is 1.48 bits per heavy atom. The number of hydrogen-bond acceptors (Lipinski definition) is 4. The molecule has 1 heterocycles. The highest BCUT2D eigenvalue weighted by Crippen LogP contribution is 2.25. The monoisotopic (exact) mass is 498 g/mol. The second kappa shape index (κ2) is 12.4. The van der Waals surface area contributed by atoms with Gasteiger partial charge in [-0.1, -0.05) is 65.7 Å². The van der Waals surface area contributed by atoms with Crippen LogP contribution in [-0.4, -0.2) is 35.3 Å². The number of ether oxygens (including phenoxy) is 1. The van der Waals surface area contributed by atoms with Gasteiger partial charge in [0.25, 0.3) is 0 Å². The Kier molecular flexibility index (Phi) is 9.01. The van der Waals surface area contributed by atoms with E-state index in [1.807, 2.05) is 60.3 Å². The van der Waals surface area contributed by atoms with E-state index in [-0.39, 0.29) is 6.10 Å². The molecule has 4 rings (SSSR count). The van der Waals surface area contributed by atoms with E-state index in [1.165, 1.54) is 4.90 Å². The van der Waals surface area contributed by atoms with E-state index in [9.17, 15) is 0 Å². The fourth-order valence-corrected chi connectivity index (χ4v) is 4.79. The summed E-state index contributed by atoms with van der Waals surface area (Å²) in [6, 6.07) is 26.3. The zero-order valence-electron chi connectivity index (χ0n) is 18.4. The molecule has 0 bridgehead atoms. The van der Waals surface area contributed by atoms with E-state index < -0.39 is 0 Å². The Hall–Kier alpha value is -2.11. The predicted octanol–water partition coefficient (Wildman–Crippen LogP) is 7.48. The van der Waals surface area contributed by atoms with Crippen LogP contribution in [0.25, 0.3) is 0 Å². The third-order valence-electron chi connectivity index (χ3n) is 5.46. The van der Waals surface area contributed by atoms with Crippen LogP contribution >= 0.6 is 35.0 Å². The summed E-state index contributed by atoms with van der Waals surface area (Å²) >= 11 is 14.0. The molecule has 6 heteroatoms. The molecular formula is C27H28Cl2N2OS. The Morgan fingerprint density at radius 3 is 2.21 bits per heavy atom. The standard InChI is InChI=1S/C27H28Cl2N2OS/c28-24-11-7-22(8-12-24)20-32-27(23-9-13-25(29)14-10-23)19-31-17-16-30(21-31)15-4-18-33-26-5-2-1-3-6-26/h1-3,5-14,16-17,27H,4,15,18-21H2. The lowest BCUT2D eigenvalue weighted by molar-refractivity contribution is 0.0196. The second-order valence-corrected chi connectivity index (χ2v) is 10.1. The van der Waals surface area contributed by atoms with Gasteiger partial charge in [0.15, 0.2) is 0 Å². The Bertz CT molecular complexity index is 1010. The smallest absolute Gasteiger partial charge is 0.100 e. The summed E-state index contributed by atoms with van der Waals surface area (Å²) in [4.78, 5) is 6.01. The minimum Gasteiger partial charge on any atom is -0.367 e. The van der Waals surface area contributed by atoms with Crippen LogP contribution in [0.1, 0.15) is 23.7 Å². The number of nitrogens with zero attached hydrogens (tertiary/aromatic N) is 2. The zero-order valence-corrected chi connectivity index (χ0v) is 20.8. The minimum atomic E-state index is -0.0591. The topological polar surface area (TPSA) is 15.7 Å². The van der Waals surface area contributed by atoms with Gasteiger partial charge >= 0.3 is 0 Å². The number of hydrogen-bond donors (Lipinski definition) is 0. The van der Waals surface area contributed by atoms with Crippen LogP contribution in [-0.2, 0) is 11.3 Å². The van der Waals surface area contributed by atoms with Crippen LogP contribution in [0.4, 0.5) is 0 Å². The first kappa shape index (κ1) is 24.0. The van der Waals surface area contributed by atoms with Crippen LogP contribution in [0.5, 0.6) is 0 Å². The normalized spacial score (nSPS) is 14.1. The summed E-state index contributed by atoms with van der Waals surface area (Å²) < 4.78 is 6.36. The molecule has 0 saturated heterocycles. The van der Waals surface area contributed by atoms with E-state index in [4.69, 9.17) is 27.9 Å². The van der Waals surface area contributed by atoms with Crippen molar-refractivity contribution < 1.29 is 4.74 Å². The maximum Gasteiger partial charge on any atom is 0.100 e. The Balaban J connectivity index is 1.28. The highest BCUT2D eigenvalue weighted by molar-refractivity contribution is 7.99. The van der Waals surface area contributed by atoms with Gasteiger partial charge in [0.05, 0.1) is 13.3 Å². The van der Waals surface area contributed by atoms with Gasteiger partial charge in [-0.05, 0) is 59.7 Å².